The Hall–Kier alpha value is -2.70. The van der Waals surface area contributed by atoms with Crippen molar-refractivity contribution in [3.63, 3.8) is 0 Å². The summed E-state index contributed by atoms with van der Waals surface area (Å²) < 4.78 is 82.6. The van der Waals surface area contributed by atoms with Gasteiger partial charge in [0.05, 0.1) is 16.3 Å². The van der Waals surface area contributed by atoms with Crippen molar-refractivity contribution in [1.29, 1.82) is 0 Å². The van der Waals surface area contributed by atoms with Gasteiger partial charge in [-0.1, -0.05) is 48.0 Å². The number of anilines is 1. The molecule has 0 spiro atoms. The van der Waals surface area contributed by atoms with Gasteiger partial charge < -0.3 is 5.32 Å². The Labute approximate surface area is 181 Å². The lowest BCUT2D eigenvalue weighted by Crippen LogP contribution is -2.43. The maximum absolute atomic E-state index is 13.3. The number of carbonyl (C=O) groups is 1. The molecular weight excluding hydrogens is 384 g/mol. The number of nitrogens with one attached hydrogen (secondary N) is 1. The van der Waals surface area contributed by atoms with Gasteiger partial charge in [0, 0.05) is 22.9 Å². The second-order valence-corrected chi connectivity index (χ2v) is 8.89. The van der Waals surface area contributed by atoms with Gasteiger partial charge in [-0.2, -0.15) is 4.31 Å². The smallest absolute Gasteiger partial charge is 0.243 e. The summed E-state index contributed by atoms with van der Waals surface area (Å²) in [4.78, 5) is 13.1. The molecule has 0 aliphatic carbocycles. The first-order valence-electron chi connectivity index (χ1n) is 12.7. The van der Waals surface area contributed by atoms with Gasteiger partial charge in [-0.15, -0.1) is 0 Å². The molecule has 1 fully saturated rings. The number of nitrogens with zero attached hydrogens (tertiary/aromatic N) is 1. The predicted octanol–water partition coefficient (Wildman–Crippen LogP) is 4.19. The molecule has 29 heavy (non-hydrogen) atoms. The molecule has 1 saturated heterocycles. The van der Waals surface area contributed by atoms with Crippen LogP contribution in [-0.4, -0.2) is 31.7 Å². The van der Waals surface area contributed by atoms with Crippen LogP contribution in [0.3, 0.4) is 0 Å². The van der Waals surface area contributed by atoms with Gasteiger partial charge in [0.2, 0.25) is 15.9 Å². The summed E-state index contributed by atoms with van der Waals surface area (Å²) in [6, 6.07) is 9.35. The second kappa shape index (κ2) is 7.97. The van der Waals surface area contributed by atoms with Crippen LogP contribution >= 0.6 is 0 Å². The van der Waals surface area contributed by atoms with E-state index in [0.717, 1.165) is 10.8 Å². The average molecular weight is 416 g/mol. The molecule has 3 aromatic carbocycles. The summed E-state index contributed by atoms with van der Waals surface area (Å²) in [6.07, 6.45) is 0.781. The highest BCUT2D eigenvalue weighted by molar-refractivity contribution is 7.89. The molecule has 3 aromatic rings. The fourth-order valence-corrected chi connectivity index (χ4v) is 5.01. The number of hydrogen-bond acceptors (Lipinski definition) is 3. The molecule has 1 amide bonds. The molecule has 1 atom stereocenters. The van der Waals surface area contributed by atoms with Gasteiger partial charge in [-0.05, 0) is 54.7 Å². The van der Waals surface area contributed by atoms with Crippen molar-refractivity contribution >= 4 is 32.4 Å². The number of fused-ring (bicyclic) bond motifs is 1. The largest absolute Gasteiger partial charge is 0.326 e. The lowest BCUT2D eigenvalue weighted by Gasteiger charge is -2.31. The number of hydrogen-bond donors (Lipinski definition) is 1. The summed E-state index contributed by atoms with van der Waals surface area (Å²) >= 11 is 0. The van der Waals surface area contributed by atoms with E-state index < -0.39 is 64.1 Å². The van der Waals surface area contributed by atoms with Crippen molar-refractivity contribution in [3.8, 4) is 0 Å². The lowest BCUT2D eigenvalue weighted by molar-refractivity contribution is -0.120. The van der Waals surface area contributed by atoms with E-state index in [9.17, 15) is 13.2 Å². The fourth-order valence-electron chi connectivity index (χ4n) is 3.45. The number of carbonyl (C=O) groups excluding carboxylic acids is 1. The van der Waals surface area contributed by atoms with Gasteiger partial charge in [0.25, 0.3) is 0 Å². The van der Waals surface area contributed by atoms with Crippen LogP contribution in [0.1, 0.15) is 28.0 Å². The normalized spacial score (nSPS) is 21.8. The van der Waals surface area contributed by atoms with Crippen LogP contribution in [0.4, 0.5) is 5.69 Å². The van der Waals surface area contributed by atoms with E-state index >= 15 is 0 Å². The van der Waals surface area contributed by atoms with E-state index in [1.54, 1.807) is 12.1 Å². The number of rotatable bonds is 4. The molecule has 5 nitrogen and oxygen atoms in total. The van der Waals surface area contributed by atoms with Crippen LogP contribution < -0.4 is 5.32 Å². The summed E-state index contributed by atoms with van der Waals surface area (Å²) in [7, 11) is -3.89. The standard InChI is InChI=1S/C23H24N2O3S/c1-17-8-11-21(12-9-17)24-23(26)20-7-4-14-25(16-20)29(27,28)22-13-10-18-5-2-3-6-19(18)15-22/h2-3,5-6,8-13,15,20H,4,7,14,16H2,1H3,(H,24,26)/t20-/m0/s1/i1D3,8D,9D,11D,12D. The molecule has 0 saturated carbocycles. The molecule has 150 valence electrons. The first-order chi connectivity index (χ1) is 16.8. The van der Waals surface area contributed by atoms with E-state index in [2.05, 4.69) is 5.32 Å². The zero-order valence-corrected chi connectivity index (χ0v) is 16.3. The van der Waals surface area contributed by atoms with Crippen LogP contribution in [0.5, 0.6) is 0 Å². The van der Waals surface area contributed by atoms with Crippen molar-refractivity contribution in [1.82, 2.24) is 4.31 Å². The van der Waals surface area contributed by atoms with E-state index in [1.165, 1.54) is 10.4 Å². The molecule has 0 aromatic heterocycles. The minimum atomic E-state index is -3.89. The van der Waals surface area contributed by atoms with E-state index in [4.69, 9.17) is 9.60 Å². The summed E-state index contributed by atoms with van der Waals surface area (Å²) in [5.41, 5.74) is -1.15. The van der Waals surface area contributed by atoms with Crippen LogP contribution in [0.15, 0.2) is 71.5 Å². The molecule has 4 rings (SSSR count). The Morgan fingerprint density at radius 3 is 2.66 bits per heavy atom. The second-order valence-electron chi connectivity index (χ2n) is 6.95. The van der Waals surface area contributed by atoms with Gasteiger partial charge in [0.15, 0.2) is 0 Å². The minimum Gasteiger partial charge on any atom is -0.326 e. The quantitative estimate of drug-likeness (QED) is 0.695. The summed E-state index contributed by atoms with van der Waals surface area (Å²) in [5.74, 6) is -1.45. The summed E-state index contributed by atoms with van der Waals surface area (Å²) in [6.45, 7) is -2.74. The third-order valence-corrected chi connectivity index (χ3v) is 6.85. The van der Waals surface area contributed by atoms with Crippen molar-refractivity contribution in [3.05, 3.63) is 72.2 Å². The average Bonchev–Trinajstić information content (AvgIpc) is 2.84. The molecular formula is C23H24N2O3S. The first kappa shape index (κ1) is 12.8. The maximum atomic E-state index is 13.3. The molecule has 1 N–H and O–H groups in total. The third-order valence-electron chi connectivity index (χ3n) is 4.99. The first-order valence-corrected chi connectivity index (χ1v) is 10.7. The molecule has 1 aliphatic heterocycles. The molecule has 0 radical (unpaired) electrons. The summed E-state index contributed by atoms with van der Waals surface area (Å²) in [5, 5.41) is 4.06. The highest BCUT2D eigenvalue weighted by Gasteiger charge is 2.33. The van der Waals surface area contributed by atoms with Crippen molar-refractivity contribution in [2.24, 2.45) is 5.92 Å². The Morgan fingerprint density at radius 2 is 1.90 bits per heavy atom. The Morgan fingerprint density at radius 1 is 1.14 bits per heavy atom. The van der Waals surface area contributed by atoms with Crippen LogP contribution in [-0.2, 0) is 14.8 Å². The van der Waals surface area contributed by atoms with Crippen molar-refractivity contribution < 1.29 is 22.8 Å². The maximum Gasteiger partial charge on any atom is 0.243 e. The predicted molar refractivity (Wildman–Crippen MR) is 115 cm³/mol. The van der Waals surface area contributed by atoms with E-state index in [0.29, 0.717) is 12.8 Å². The van der Waals surface area contributed by atoms with Gasteiger partial charge in [-0.3, -0.25) is 4.79 Å². The topological polar surface area (TPSA) is 66.5 Å². The molecule has 1 aliphatic rings. The van der Waals surface area contributed by atoms with Crippen LogP contribution in [0.2, 0.25) is 0 Å². The van der Waals surface area contributed by atoms with Gasteiger partial charge in [0.1, 0.15) is 0 Å². The van der Waals surface area contributed by atoms with E-state index in [1.807, 2.05) is 24.3 Å². The highest BCUT2D eigenvalue weighted by Crippen LogP contribution is 2.27. The highest BCUT2D eigenvalue weighted by atomic mass is 32.2. The number of benzene rings is 3. The monoisotopic (exact) mass is 415 g/mol. The number of sulfonamides is 1. The zero-order valence-electron chi connectivity index (χ0n) is 22.5. The van der Waals surface area contributed by atoms with Gasteiger partial charge >= 0.3 is 0 Å². The van der Waals surface area contributed by atoms with Crippen molar-refractivity contribution in [2.45, 2.75) is 24.6 Å². The minimum absolute atomic E-state index is 0.113. The lowest BCUT2D eigenvalue weighted by atomic mass is 9.98. The zero-order chi connectivity index (χ0) is 26.4. The molecule has 6 heteroatoms. The third kappa shape index (κ3) is 4.18. The van der Waals surface area contributed by atoms with E-state index in [-0.39, 0.29) is 18.0 Å². The molecule has 0 bridgehead atoms. The van der Waals surface area contributed by atoms with Crippen molar-refractivity contribution in [2.75, 3.05) is 18.4 Å². The Kier molecular flexibility index (Phi) is 3.51. The SMILES string of the molecule is [2H]c1c([2H])c(C([2H])([2H])[2H])c([2H])c([2H])c1NC(=O)[C@H]1CCCN(S(=O)(=O)c2ccc3ccccc3c2)C1. The number of piperidine rings is 1. The molecule has 0 unspecified atom stereocenters. The van der Waals surface area contributed by atoms with Crippen LogP contribution in [0, 0.1) is 12.8 Å². The van der Waals surface area contributed by atoms with Crippen LogP contribution in [0.25, 0.3) is 10.8 Å². The fraction of sp³-hybridized carbons (Fsp3) is 0.261. The molecule has 1 heterocycles. The Bertz CT molecular complexity index is 1430. The van der Waals surface area contributed by atoms with Gasteiger partial charge in [-0.25, -0.2) is 8.42 Å². The number of amides is 1. The Balaban J connectivity index is 1.58.